The molecule has 1 atom stereocenters. The largest absolute Gasteiger partial charge is 0.394 e. The number of anilines is 1. The van der Waals surface area contributed by atoms with Crippen molar-refractivity contribution in [3.63, 3.8) is 0 Å². The number of nitrogens with one attached hydrogen (secondary N) is 2. The van der Waals surface area contributed by atoms with Gasteiger partial charge in [-0.1, -0.05) is 26.0 Å². The maximum atomic E-state index is 11.9. The van der Waals surface area contributed by atoms with Gasteiger partial charge in [-0.05, 0) is 30.5 Å². The highest BCUT2D eigenvalue weighted by molar-refractivity contribution is 7.09. The number of nitrogens with zero attached hydrogens (tertiary/aromatic N) is 1. The SMILES string of the molecule is CCc1nc(CNc2ccc(CC(=O)NC(CC)CO)cc2)cs1. The summed E-state index contributed by atoms with van der Waals surface area (Å²) in [5, 5.41) is 18.5. The lowest BCUT2D eigenvalue weighted by molar-refractivity contribution is -0.121. The van der Waals surface area contributed by atoms with Crippen LogP contribution in [0.5, 0.6) is 0 Å². The summed E-state index contributed by atoms with van der Waals surface area (Å²) in [6.45, 7) is 4.72. The van der Waals surface area contributed by atoms with E-state index in [0.717, 1.165) is 34.8 Å². The Bertz CT molecular complexity index is 636. The Kier molecular flexibility index (Phi) is 7.21. The highest BCUT2D eigenvalue weighted by Crippen LogP contribution is 2.14. The van der Waals surface area contributed by atoms with E-state index in [2.05, 4.69) is 27.9 Å². The van der Waals surface area contributed by atoms with Crippen LogP contribution in [0.25, 0.3) is 0 Å². The standard InChI is InChI=1S/C18H25N3O2S/c1-3-14(11-22)20-17(23)9-13-5-7-15(8-6-13)19-10-16-12-24-18(4-2)21-16/h5-8,12,14,19,22H,3-4,9-11H2,1-2H3,(H,20,23). The van der Waals surface area contributed by atoms with Gasteiger partial charge in [-0.15, -0.1) is 11.3 Å². The molecule has 3 N–H and O–H groups in total. The first kappa shape index (κ1) is 18.4. The van der Waals surface area contributed by atoms with Crippen LogP contribution in [0.4, 0.5) is 5.69 Å². The van der Waals surface area contributed by atoms with E-state index in [0.29, 0.717) is 13.0 Å². The van der Waals surface area contributed by atoms with Gasteiger partial charge >= 0.3 is 0 Å². The number of hydrogen-bond donors (Lipinski definition) is 3. The fourth-order valence-corrected chi connectivity index (χ4v) is 3.01. The number of benzene rings is 1. The maximum Gasteiger partial charge on any atom is 0.224 e. The van der Waals surface area contributed by atoms with E-state index in [-0.39, 0.29) is 18.6 Å². The second kappa shape index (κ2) is 9.39. The van der Waals surface area contributed by atoms with E-state index in [1.807, 2.05) is 31.2 Å². The molecule has 24 heavy (non-hydrogen) atoms. The van der Waals surface area contributed by atoms with E-state index in [1.54, 1.807) is 11.3 Å². The third-order valence-electron chi connectivity index (χ3n) is 3.77. The van der Waals surface area contributed by atoms with Gasteiger partial charge < -0.3 is 15.7 Å². The Balaban J connectivity index is 1.82. The molecule has 130 valence electrons. The zero-order valence-corrected chi connectivity index (χ0v) is 15.0. The first-order chi connectivity index (χ1) is 11.6. The van der Waals surface area contributed by atoms with Crippen molar-refractivity contribution < 1.29 is 9.90 Å². The van der Waals surface area contributed by atoms with Crippen molar-refractivity contribution in [1.82, 2.24) is 10.3 Å². The topological polar surface area (TPSA) is 74.2 Å². The Labute approximate surface area is 147 Å². The highest BCUT2D eigenvalue weighted by Gasteiger charge is 2.09. The number of rotatable bonds is 9. The summed E-state index contributed by atoms with van der Waals surface area (Å²) in [7, 11) is 0. The molecule has 6 heteroatoms. The molecule has 0 aliphatic carbocycles. The lowest BCUT2D eigenvalue weighted by Gasteiger charge is -2.14. The van der Waals surface area contributed by atoms with E-state index >= 15 is 0 Å². The van der Waals surface area contributed by atoms with Gasteiger partial charge in [-0.2, -0.15) is 0 Å². The van der Waals surface area contributed by atoms with Crippen LogP contribution in [0.3, 0.4) is 0 Å². The monoisotopic (exact) mass is 347 g/mol. The van der Waals surface area contributed by atoms with Gasteiger partial charge in [0, 0.05) is 11.1 Å². The molecular weight excluding hydrogens is 322 g/mol. The van der Waals surface area contributed by atoms with Gasteiger partial charge in [-0.25, -0.2) is 4.98 Å². The lowest BCUT2D eigenvalue weighted by Crippen LogP contribution is -2.37. The molecule has 0 saturated carbocycles. The van der Waals surface area contributed by atoms with Gasteiger partial charge in [0.2, 0.25) is 5.91 Å². The van der Waals surface area contributed by atoms with Crippen molar-refractivity contribution in [2.75, 3.05) is 11.9 Å². The number of carbonyl (C=O) groups excluding carboxylic acids is 1. The second-order valence-electron chi connectivity index (χ2n) is 5.67. The molecule has 0 bridgehead atoms. The molecule has 0 radical (unpaired) electrons. The molecule has 0 aliphatic rings. The minimum absolute atomic E-state index is 0.0263. The molecule has 2 rings (SSSR count). The predicted molar refractivity (Wildman–Crippen MR) is 98.3 cm³/mol. The summed E-state index contributed by atoms with van der Waals surface area (Å²) >= 11 is 1.69. The Morgan fingerprint density at radius 3 is 2.62 bits per heavy atom. The van der Waals surface area contributed by atoms with Gasteiger partial charge in [0.15, 0.2) is 0 Å². The molecule has 5 nitrogen and oxygen atoms in total. The molecule has 0 saturated heterocycles. The van der Waals surface area contributed by atoms with Crippen molar-refractivity contribution in [3.8, 4) is 0 Å². The van der Waals surface area contributed by atoms with Gasteiger partial charge in [-0.3, -0.25) is 4.79 Å². The highest BCUT2D eigenvalue weighted by atomic mass is 32.1. The third-order valence-corrected chi connectivity index (χ3v) is 4.81. The molecular formula is C18H25N3O2S. The molecule has 1 aromatic carbocycles. The van der Waals surface area contributed by atoms with Crippen molar-refractivity contribution in [2.45, 2.75) is 45.7 Å². The molecule has 0 aliphatic heterocycles. The lowest BCUT2D eigenvalue weighted by atomic mass is 10.1. The smallest absolute Gasteiger partial charge is 0.224 e. The summed E-state index contributed by atoms with van der Waals surface area (Å²) in [5.74, 6) is -0.0637. The van der Waals surface area contributed by atoms with Crippen LogP contribution < -0.4 is 10.6 Å². The number of thiazole rings is 1. The number of hydrogen-bond acceptors (Lipinski definition) is 5. The van der Waals surface area contributed by atoms with Crippen LogP contribution in [0.1, 0.15) is 36.5 Å². The Hall–Kier alpha value is -1.92. The summed E-state index contributed by atoms with van der Waals surface area (Å²) in [5.41, 5.74) is 3.01. The number of aromatic nitrogens is 1. The minimum atomic E-state index is -0.162. The Morgan fingerprint density at radius 2 is 2.04 bits per heavy atom. The molecule has 1 amide bonds. The second-order valence-corrected chi connectivity index (χ2v) is 6.61. The minimum Gasteiger partial charge on any atom is -0.394 e. The average Bonchev–Trinajstić information content (AvgIpc) is 3.07. The number of aliphatic hydroxyl groups is 1. The number of aryl methyl sites for hydroxylation is 1. The first-order valence-corrected chi connectivity index (χ1v) is 9.18. The zero-order chi connectivity index (χ0) is 17.4. The summed E-state index contributed by atoms with van der Waals surface area (Å²) in [6, 6.07) is 7.67. The molecule has 1 aromatic heterocycles. The zero-order valence-electron chi connectivity index (χ0n) is 14.2. The van der Waals surface area contributed by atoms with Gasteiger partial charge in [0.25, 0.3) is 0 Å². The molecule has 0 fully saturated rings. The number of amides is 1. The summed E-state index contributed by atoms with van der Waals surface area (Å²) < 4.78 is 0. The van der Waals surface area contributed by atoms with Crippen LogP contribution in [0.15, 0.2) is 29.6 Å². The summed E-state index contributed by atoms with van der Waals surface area (Å²) in [4.78, 5) is 16.4. The fraction of sp³-hybridized carbons (Fsp3) is 0.444. The van der Waals surface area contributed by atoms with Crippen LogP contribution in [0, 0.1) is 0 Å². The van der Waals surface area contributed by atoms with E-state index in [1.165, 1.54) is 0 Å². The average molecular weight is 347 g/mol. The molecule has 1 unspecified atom stereocenters. The third kappa shape index (κ3) is 5.62. The molecule has 1 heterocycles. The van der Waals surface area contributed by atoms with Crippen LogP contribution in [0.2, 0.25) is 0 Å². The molecule has 0 spiro atoms. The van der Waals surface area contributed by atoms with Crippen LogP contribution in [-0.4, -0.2) is 28.6 Å². The van der Waals surface area contributed by atoms with Gasteiger partial charge in [0.05, 0.1) is 36.3 Å². The van der Waals surface area contributed by atoms with E-state index in [9.17, 15) is 4.79 Å². The number of aliphatic hydroxyl groups excluding tert-OH is 1. The normalized spacial score (nSPS) is 12.0. The first-order valence-electron chi connectivity index (χ1n) is 8.30. The van der Waals surface area contributed by atoms with Crippen LogP contribution >= 0.6 is 11.3 Å². The Morgan fingerprint density at radius 1 is 1.29 bits per heavy atom. The maximum absolute atomic E-state index is 11.9. The quantitative estimate of drug-likeness (QED) is 0.652. The fourth-order valence-electron chi connectivity index (χ4n) is 2.27. The van der Waals surface area contributed by atoms with Crippen LogP contribution in [-0.2, 0) is 24.2 Å². The number of carbonyl (C=O) groups is 1. The van der Waals surface area contributed by atoms with Crippen molar-refractivity contribution in [2.24, 2.45) is 0 Å². The summed E-state index contributed by atoms with van der Waals surface area (Å²) in [6.07, 6.45) is 2.01. The van der Waals surface area contributed by atoms with Crippen molar-refractivity contribution in [3.05, 3.63) is 45.9 Å². The van der Waals surface area contributed by atoms with E-state index in [4.69, 9.17) is 5.11 Å². The van der Waals surface area contributed by atoms with Gasteiger partial charge in [0.1, 0.15) is 0 Å². The van der Waals surface area contributed by atoms with Crippen molar-refractivity contribution >= 4 is 22.9 Å². The van der Waals surface area contributed by atoms with Crippen molar-refractivity contribution in [1.29, 1.82) is 0 Å². The predicted octanol–water partition coefficient (Wildman–Crippen LogP) is 2.75. The van der Waals surface area contributed by atoms with E-state index < -0.39 is 0 Å². The molecule has 2 aromatic rings.